The van der Waals surface area contributed by atoms with Gasteiger partial charge in [-0.1, -0.05) is 19.8 Å². The van der Waals surface area contributed by atoms with Crippen LogP contribution in [-0.2, 0) is 4.74 Å². The van der Waals surface area contributed by atoms with Gasteiger partial charge in [0.25, 0.3) is 0 Å². The minimum absolute atomic E-state index is 0.0184. The van der Waals surface area contributed by atoms with Crippen LogP contribution in [0.5, 0.6) is 5.75 Å². The highest BCUT2D eigenvalue weighted by Gasteiger charge is 2.48. The molecule has 1 amide bonds. The van der Waals surface area contributed by atoms with Crippen LogP contribution in [0.25, 0.3) is 5.70 Å². The molecule has 0 radical (unpaired) electrons. The number of hydrogen-bond acceptors (Lipinski definition) is 6. The summed E-state index contributed by atoms with van der Waals surface area (Å²) in [6.07, 6.45) is 10.1. The highest BCUT2D eigenvalue weighted by molar-refractivity contribution is 5.70. The van der Waals surface area contributed by atoms with Crippen molar-refractivity contribution in [2.75, 3.05) is 20.7 Å². The molecule has 0 spiro atoms. The van der Waals surface area contributed by atoms with Gasteiger partial charge in [-0.15, -0.1) is 0 Å². The van der Waals surface area contributed by atoms with Gasteiger partial charge in [-0.25, -0.2) is 10.6 Å². The first-order valence-corrected chi connectivity index (χ1v) is 11.5. The normalized spacial score (nSPS) is 18.7. The molecule has 0 atom stereocenters. The minimum atomic E-state index is -0.339. The minimum Gasteiger partial charge on any atom is -0.490 e. The molecule has 172 valence electrons. The predicted octanol–water partition coefficient (Wildman–Crippen LogP) is 4.23. The van der Waals surface area contributed by atoms with Gasteiger partial charge in [0.15, 0.2) is 0 Å². The van der Waals surface area contributed by atoms with E-state index in [-0.39, 0.29) is 18.2 Å². The molecule has 3 rings (SSSR count). The first kappa shape index (κ1) is 23.3. The second-order valence-corrected chi connectivity index (χ2v) is 8.96. The Balaban J connectivity index is 1.63. The molecule has 7 heteroatoms. The van der Waals surface area contributed by atoms with Gasteiger partial charge in [0.05, 0.1) is 17.5 Å². The summed E-state index contributed by atoms with van der Waals surface area (Å²) in [4.78, 5) is 14.3. The van der Waals surface area contributed by atoms with Crippen LogP contribution in [0.2, 0.25) is 0 Å². The van der Waals surface area contributed by atoms with E-state index < -0.39 is 0 Å². The maximum atomic E-state index is 12.6. The maximum Gasteiger partial charge on any atom is 0.410 e. The third-order valence-corrected chi connectivity index (χ3v) is 6.62. The zero-order valence-corrected chi connectivity index (χ0v) is 19.2. The molecule has 2 saturated carbocycles. The van der Waals surface area contributed by atoms with Crippen molar-refractivity contribution in [3.05, 3.63) is 35.5 Å². The topological polar surface area (TPSA) is 94.0 Å². The molecule has 31 heavy (non-hydrogen) atoms. The Morgan fingerprint density at radius 3 is 2.32 bits per heavy atom. The lowest BCUT2D eigenvalue weighted by Gasteiger charge is -2.28. The van der Waals surface area contributed by atoms with E-state index >= 15 is 0 Å². The molecule has 2 aliphatic rings. The van der Waals surface area contributed by atoms with Gasteiger partial charge in [-0.3, -0.25) is 0 Å². The van der Waals surface area contributed by atoms with E-state index in [2.05, 4.69) is 6.92 Å². The third kappa shape index (κ3) is 5.85. The van der Waals surface area contributed by atoms with Crippen molar-refractivity contribution >= 4 is 11.8 Å². The number of rotatable bonds is 9. The Hall–Kier alpha value is -2.41. The lowest BCUT2D eigenvalue weighted by atomic mass is 9.98. The summed E-state index contributed by atoms with van der Waals surface area (Å²) in [5, 5.41) is 1.41. The monoisotopic (exact) mass is 430 g/mol. The smallest absolute Gasteiger partial charge is 0.410 e. The summed E-state index contributed by atoms with van der Waals surface area (Å²) in [5.74, 6) is 6.85. The zero-order valence-electron chi connectivity index (χ0n) is 19.2. The fraction of sp³-hybridized carbons (Fsp3) is 0.625. The fourth-order valence-corrected chi connectivity index (χ4v) is 4.41. The van der Waals surface area contributed by atoms with Gasteiger partial charge in [-0.05, 0) is 74.8 Å². The van der Waals surface area contributed by atoms with Crippen molar-refractivity contribution < 1.29 is 14.3 Å². The number of ether oxygens (including phenoxy) is 2. The number of hydrazine groups is 1. The lowest BCUT2D eigenvalue weighted by molar-refractivity contribution is 0.0920. The molecule has 0 unspecified atom stereocenters. The van der Waals surface area contributed by atoms with Crippen molar-refractivity contribution in [2.45, 2.75) is 76.4 Å². The molecule has 1 aromatic rings. The van der Waals surface area contributed by atoms with E-state index in [4.69, 9.17) is 21.1 Å². The molecule has 2 aliphatic carbocycles. The quantitative estimate of drug-likeness (QED) is 0.450. The summed E-state index contributed by atoms with van der Waals surface area (Å²) >= 11 is 0. The molecule has 0 aliphatic heterocycles. The van der Waals surface area contributed by atoms with E-state index in [1.54, 1.807) is 11.9 Å². The zero-order chi connectivity index (χ0) is 22.4. The van der Waals surface area contributed by atoms with Crippen molar-refractivity contribution in [3.8, 4) is 5.75 Å². The number of nitrogens with two attached hydrogens (primary N) is 2. The number of likely N-dealkylation sites (N-methyl/N-ethyl adjacent to an activating group) is 1. The number of carbonyl (C=O) groups is 1. The van der Waals surface area contributed by atoms with E-state index in [0.717, 1.165) is 49.8 Å². The Bertz CT molecular complexity index is 766. The van der Waals surface area contributed by atoms with Crippen LogP contribution in [0.3, 0.4) is 0 Å². The van der Waals surface area contributed by atoms with Crippen LogP contribution in [0, 0.1) is 0 Å². The van der Waals surface area contributed by atoms with E-state index in [1.807, 2.05) is 31.3 Å². The number of nitrogens with zero attached hydrogens (tertiary/aromatic N) is 2. The second kappa shape index (κ2) is 10.3. The van der Waals surface area contributed by atoms with Crippen LogP contribution < -0.4 is 16.3 Å². The standard InChI is InChI=1S/C24H38N4O3/c1-4-14-24(15-16-24)27(2)23(29)30-17-21(28(3)26)22(25)18-10-12-20(13-11-18)31-19-8-6-5-7-9-19/h10-13,19H,4-9,14-17,25-26H2,1-3H3/b22-21-. The Labute approximate surface area is 186 Å². The van der Waals surface area contributed by atoms with Gasteiger partial charge < -0.3 is 25.1 Å². The van der Waals surface area contributed by atoms with Gasteiger partial charge in [-0.2, -0.15) is 0 Å². The summed E-state index contributed by atoms with van der Waals surface area (Å²) in [5.41, 5.74) is 8.22. The SMILES string of the molecule is CCCC1(N(C)C(=O)OC/C(=C(/N)c2ccc(OC3CCCCC3)cc2)N(C)N)CC1. The average Bonchev–Trinajstić information content (AvgIpc) is 3.55. The molecular weight excluding hydrogens is 392 g/mol. The molecular formula is C24H38N4O3. The lowest BCUT2D eigenvalue weighted by Crippen LogP contribution is -2.40. The molecule has 0 bridgehead atoms. The van der Waals surface area contributed by atoms with Crippen LogP contribution in [0.4, 0.5) is 4.79 Å². The molecule has 4 N–H and O–H groups in total. The molecule has 7 nitrogen and oxygen atoms in total. The first-order valence-electron chi connectivity index (χ1n) is 11.5. The van der Waals surface area contributed by atoms with Gasteiger partial charge in [0, 0.05) is 19.6 Å². The number of benzene rings is 1. The number of hydrogen-bond donors (Lipinski definition) is 2. The highest BCUT2D eigenvalue weighted by atomic mass is 16.6. The largest absolute Gasteiger partial charge is 0.490 e. The summed E-state index contributed by atoms with van der Waals surface area (Å²) in [7, 11) is 3.51. The van der Waals surface area contributed by atoms with Crippen LogP contribution in [0.15, 0.2) is 30.0 Å². The number of carbonyl (C=O) groups excluding carboxylic acids is 1. The first-order chi connectivity index (χ1) is 14.9. The van der Waals surface area contributed by atoms with E-state index in [1.165, 1.54) is 24.3 Å². The van der Waals surface area contributed by atoms with Crippen molar-refractivity contribution in [3.63, 3.8) is 0 Å². The van der Waals surface area contributed by atoms with Crippen molar-refractivity contribution in [2.24, 2.45) is 11.6 Å². The van der Waals surface area contributed by atoms with Gasteiger partial charge in [0.1, 0.15) is 12.4 Å². The molecule has 2 fully saturated rings. The second-order valence-electron chi connectivity index (χ2n) is 8.96. The maximum absolute atomic E-state index is 12.6. The van der Waals surface area contributed by atoms with Crippen molar-refractivity contribution in [1.29, 1.82) is 0 Å². The summed E-state index contributed by atoms with van der Waals surface area (Å²) in [6.45, 7) is 2.15. The fourth-order valence-electron chi connectivity index (χ4n) is 4.41. The van der Waals surface area contributed by atoms with Crippen molar-refractivity contribution in [1.82, 2.24) is 9.91 Å². The molecule has 1 aromatic carbocycles. The third-order valence-electron chi connectivity index (χ3n) is 6.62. The van der Waals surface area contributed by atoms with Crippen LogP contribution >= 0.6 is 0 Å². The Kier molecular flexibility index (Phi) is 7.70. The van der Waals surface area contributed by atoms with Crippen LogP contribution in [-0.4, -0.2) is 48.3 Å². The number of amides is 1. The summed E-state index contributed by atoms with van der Waals surface area (Å²) < 4.78 is 11.7. The Morgan fingerprint density at radius 2 is 1.77 bits per heavy atom. The summed E-state index contributed by atoms with van der Waals surface area (Å²) in [6, 6.07) is 7.72. The Morgan fingerprint density at radius 1 is 1.13 bits per heavy atom. The molecule has 0 saturated heterocycles. The molecule has 0 aromatic heterocycles. The van der Waals surface area contributed by atoms with E-state index in [9.17, 15) is 4.79 Å². The average molecular weight is 431 g/mol. The van der Waals surface area contributed by atoms with Crippen LogP contribution in [0.1, 0.15) is 70.3 Å². The van der Waals surface area contributed by atoms with E-state index in [0.29, 0.717) is 17.5 Å². The highest BCUT2D eigenvalue weighted by Crippen LogP contribution is 2.45. The van der Waals surface area contributed by atoms with Gasteiger partial charge in [0.2, 0.25) is 0 Å². The van der Waals surface area contributed by atoms with Gasteiger partial charge >= 0.3 is 6.09 Å². The predicted molar refractivity (Wildman–Crippen MR) is 123 cm³/mol. The molecule has 0 heterocycles.